The Morgan fingerprint density at radius 1 is 1.19 bits per heavy atom. The van der Waals surface area contributed by atoms with Crippen LogP contribution in [0.3, 0.4) is 0 Å². The highest BCUT2D eigenvalue weighted by molar-refractivity contribution is 8.00. The molecular formula is C20H36N6O3S2. The van der Waals surface area contributed by atoms with Gasteiger partial charge in [0.25, 0.3) is 0 Å². The second-order valence-corrected chi connectivity index (χ2v) is 13.7. The molecule has 9 nitrogen and oxygen atoms in total. The van der Waals surface area contributed by atoms with E-state index < -0.39 is 15.3 Å². The molecule has 176 valence electrons. The van der Waals surface area contributed by atoms with Crippen molar-refractivity contribution in [3.8, 4) is 0 Å². The summed E-state index contributed by atoms with van der Waals surface area (Å²) in [6.45, 7) is 5.86. The molecule has 0 radical (unpaired) electrons. The lowest BCUT2D eigenvalue weighted by atomic mass is 9.89. The summed E-state index contributed by atoms with van der Waals surface area (Å²) >= 11 is 1.68. The van der Waals surface area contributed by atoms with E-state index in [9.17, 15) is 13.2 Å². The van der Waals surface area contributed by atoms with Crippen LogP contribution in [0.15, 0.2) is 0 Å². The number of sulfonamides is 1. The summed E-state index contributed by atoms with van der Waals surface area (Å²) in [6, 6.07) is 0.446. The summed E-state index contributed by atoms with van der Waals surface area (Å²) < 4.78 is 29.2. The van der Waals surface area contributed by atoms with Gasteiger partial charge in [-0.15, -0.1) is 11.8 Å². The molecule has 2 aliphatic carbocycles. The Morgan fingerprint density at radius 3 is 2.58 bits per heavy atom. The maximum atomic E-state index is 13.6. The summed E-state index contributed by atoms with van der Waals surface area (Å²) in [5.74, 6) is 0. The van der Waals surface area contributed by atoms with Gasteiger partial charge >= 0.3 is 6.03 Å². The number of hydrogen-bond donors (Lipinski definition) is 3. The van der Waals surface area contributed by atoms with E-state index in [0.29, 0.717) is 18.9 Å². The monoisotopic (exact) mass is 472 g/mol. The molecule has 5 aliphatic rings. The summed E-state index contributed by atoms with van der Waals surface area (Å²) in [6.07, 6.45) is 5.97. The van der Waals surface area contributed by atoms with Crippen molar-refractivity contribution >= 4 is 27.8 Å². The van der Waals surface area contributed by atoms with E-state index in [0.717, 1.165) is 38.8 Å². The van der Waals surface area contributed by atoms with Crippen LogP contribution in [0.2, 0.25) is 0 Å². The Morgan fingerprint density at radius 2 is 1.97 bits per heavy atom. The number of carbonyl (C=O) groups excluding carboxylic acids is 1. The molecule has 0 aromatic carbocycles. The standard InChI is InChI=1S/C20H36N6O3S2/c1-13-21-22-18(30-13)26-17-11-15(31(28,29)23-20(2)8-9-20)6-7-16(17)25(19(26)27)12-14-5-4-10-24(14)3/h13-18,21-23H,4-12H2,1-3H3. The van der Waals surface area contributed by atoms with Crippen LogP contribution in [-0.4, -0.2) is 89.1 Å². The zero-order valence-electron chi connectivity index (χ0n) is 18.7. The van der Waals surface area contributed by atoms with Crippen molar-refractivity contribution in [2.24, 2.45) is 0 Å². The number of hydrogen-bond acceptors (Lipinski definition) is 7. The molecule has 2 saturated carbocycles. The normalized spacial score (nSPS) is 40.5. The third-order valence-corrected chi connectivity index (χ3v) is 11.1. The highest BCUT2D eigenvalue weighted by Gasteiger charge is 2.54. The van der Waals surface area contributed by atoms with Crippen molar-refractivity contribution in [1.29, 1.82) is 0 Å². The van der Waals surface area contributed by atoms with E-state index in [1.165, 1.54) is 6.42 Å². The van der Waals surface area contributed by atoms with Crippen LogP contribution in [0.1, 0.15) is 58.8 Å². The summed E-state index contributed by atoms with van der Waals surface area (Å²) in [5, 5.41) is -0.238. The summed E-state index contributed by atoms with van der Waals surface area (Å²) in [4.78, 5) is 20.0. The molecule has 6 unspecified atom stereocenters. The third kappa shape index (κ3) is 4.21. The fourth-order valence-electron chi connectivity index (χ4n) is 5.70. The predicted molar refractivity (Wildman–Crippen MR) is 122 cm³/mol. The van der Waals surface area contributed by atoms with Crippen molar-refractivity contribution < 1.29 is 13.2 Å². The Bertz CT molecular complexity index is 822. The quantitative estimate of drug-likeness (QED) is 0.532. The van der Waals surface area contributed by atoms with E-state index in [1.807, 2.05) is 11.8 Å². The smallest absolute Gasteiger partial charge is 0.318 e. The third-order valence-electron chi connectivity index (χ3n) is 7.86. The van der Waals surface area contributed by atoms with Crippen LogP contribution in [0.4, 0.5) is 4.79 Å². The highest BCUT2D eigenvalue weighted by atomic mass is 32.2. The molecule has 3 aliphatic heterocycles. The van der Waals surface area contributed by atoms with Gasteiger partial charge in [0.05, 0.1) is 22.7 Å². The van der Waals surface area contributed by atoms with Gasteiger partial charge in [-0.2, -0.15) is 0 Å². The number of thioether (sulfide) groups is 1. The first-order valence-electron chi connectivity index (χ1n) is 11.7. The number of urea groups is 1. The van der Waals surface area contributed by atoms with Crippen LogP contribution < -0.4 is 15.6 Å². The van der Waals surface area contributed by atoms with Crippen molar-refractivity contribution in [2.75, 3.05) is 20.1 Å². The topological polar surface area (TPSA) is 97.0 Å². The van der Waals surface area contributed by atoms with Crippen molar-refractivity contribution in [3.05, 3.63) is 0 Å². The van der Waals surface area contributed by atoms with Gasteiger partial charge in [-0.25, -0.2) is 28.8 Å². The molecule has 6 atom stereocenters. The van der Waals surface area contributed by atoms with Gasteiger partial charge in [0, 0.05) is 18.1 Å². The van der Waals surface area contributed by atoms with Gasteiger partial charge in [0.15, 0.2) is 0 Å². The van der Waals surface area contributed by atoms with Crippen LogP contribution in [0, 0.1) is 0 Å². The largest absolute Gasteiger partial charge is 0.322 e. The van der Waals surface area contributed by atoms with Crippen LogP contribution in [0.5, 0.6) is 0 Å². The number of likely N-dealkylation sites (N-methyl/N-ethyl adjacent to an activating group) is 1. The number of hydrazine groups is 1. The molecule has 31 heavy (non-hydrogen) atoms. The van der Waals surface area contributed by atoms with Gasteiger partial charge in [-0.05, 0) is 72.4 Å². The number of amides is 2. The molecule has 0 spiro atoms. The summed E-state index contributed by atoms with van der Waals surface area (Å²) in [5.41, 5.74) is 6.02. The second-order valence-electron chi connectivity index (χ2n) is 10.3. The molecule has 3 heterocycles. The fourth-order valence-corrected chi connectivity index (χ4v) is 8.69. The molecular weight excluding hydrogens is 436 g/mol. The molecule has 0 aromatic heterocycles. The van der Waals surface area contributed by atoms with Crippen LogP contribution in [0.25, 0.3) is 0 Å². The average molecular weight is 473 g/mol. The Kier molecular flexibility index (Phi) is 5.75. The lowest BCUT2D eigenvalue weighted by Crippen LogP contribution is -2.53. The average Bonchev–Trinajstić information content (AvgIpc) is 3.02. The second kappa shape index (κ2) is 8.02. The number of rotatable bonds is 6. The fraction of sp³-hybridized carbons (Fsp3) is 0.950. The highest BCUT2D eigenvalue weighted by Crippen LogP contribution is 2.42. The molecule has 5 rings (SSSR count). The number of nitrogens with one attached hydrogen (secondary N) is 3. The van der Waals surface area contributed by atoms with Gasteiger partial charge in [0.1, 0.15) is 5.50 Å². The zero-order chi connectivity index (χ0) is 22.0. The van der Waals surface area contributed by atoms with E-state index in [2.05, 4.69) is 39.3 Å². The van der Waals surface area contributed by atoms with E-state index in [4.69, 9.17) is 0 Å². The molecule has 3 saturated heterocycles. The van der Waals surface area contributed by atoms with Crippen LogP contribution >= 0.6 is 11.8 Å². The van der Waals surface area contributed by atoms with Gasteiger partial charge in [-0.3, -0.25) is 4.90 Å². The van der Waals surface area contributed by atoms with Crippen LogP contribution in [-0.2, 0) is 10.0 Å². The van der Waals surface area contributed by atoms with Crippen molar-refractivity contribution in [1.82, 2.24) is 30.3 Å². The van der Waals surface area contributed by atoms with Crippen molar-refractivity contribution in [3.63, 3.8) is 0 Å². The minimum Gasteiger partial charge on any atom is -0.318 e. The minimum absolute atomic E-state index is 0.0522. The summed E-state index contributed by atoms with van der Waals surface area (Å²) in [7, 11) is -1.26. The molecule has 11 heteroatoms. The molecule has 2 amide bonds. The maximum absolute atomic E-state index is 13.6. The first kappa shape index (κ1) is 22.2. The predicted octanol–water partition coefficient (Wildman–Crippen LogP) is 1.05. The molecule has 3 N–H and O–H groups in total. The Hall–Kier alpha value is -0.590. The first-order valence-corrected chi connectivity index (χ1v) is 14.1. The van der Waals surface area contributed by atoms with Gasteiger partial charge in [-0.1, -0.05) is 0 Å². The van der Waals surface area contributed by atoms with Crippen molar-refractivity contribution in [2.45, 2.75) is 98.6 Å². The number of carbonyl (C=O) groups is 1. The van der Waals surface area contributed by atoms with E-state index in [1.54, 1.807) is 11.8 Å². The first-order chi connectivity index (χ1) is 14.7. The number of nitrogens with zero attached hydrogens (tertiary/aromatic N) is 3. The molecule has 0 bridgehead atoms. The Labute approximate surface area is 190 Å². The molecule has 0 aromatic rings. The number of fused-ring (bicyclic) bond motifs is 1. The SMILES string of the molecule is CC1NNC(N2C(=O)N(CC3CCCN3C)C3CCC(S(=O)(=O)NC4(C)CC4)CC32)S1. The maximum Gasteiger partial charge on any atom is 0.322 e. The Balaban J connectivity index is 1.37. The lowest BCUT2D eigenvalue weighted by molar-refractivity contribution is 0.161. The lowest BCUT2D eigenvalue weighted by Gasteiger charge is -2.38. The van der Waals surface area contributed by atoms with E-state index >= 15 is 0 Å². The number of likely N-dealkylation sites (tertiary alicyclic amines) is 1. The van der Waals surface area contributed by atoms with E-state index in [-0.39, 0.29) is 34.5 Å². The van der Waals surface area contributed by atoms with Gasteiger partial charge in [0.2, 0.25) is 10.0 Å². The molecule has 5 fully saturated rings. The van der Waals surface area contributed by atoms with Gasteiger partial charge < -0.3 is 9.80 Å². The zero-order valence-corrected chi connectivity index (χ0v) is 20.3. The minimum atomic E-state index is -3.40.